The molecule has 3 aromatic rings. The number of carbonyl (C=O) groups excluding carboxylic acids is 2. The number of nitrogens with one attached hydrogen (secondary N) is 1. The topological polar surface area (TPSA) is 86.6 Å². The highest BCUT2D eigenvalue weighted by Crippen LogP contribution is 2.29. The zero-order valence-electron chi connectivity index (χ0n) is 18.1. The molecule has 1 saturated heterocycles. The number of H-pyrrole nitrogens is 1. The number of aromatic nitrogens is 1. The monoisotopic (exact) mass is 473 g/mol. The van der Waals surface area contributed by atoms with Crippen LogP contribution < -0.4 is 5.76 Å². The Hall–Kier alpha value is -3.66. The fraction of sp³-hybridized carbons (Fsp3) is 0.292. The summed E-state index contributed by atoms with van der Waals surface area (Å²) >= 11 is 0. The van der Waals surface area contributed by atoms with Gasteiger partial charge < -0.3 is 9.32 Å². The van der Waals surface area contributed by atoms with E-state index in [-0.39, 0.29) is 18.1 Å². The van der Waals surface area contributed by atoms with Gasteiger partial charge in [0.1, 0.15) is 0 Å². The van der Waals surface area contributed by atoms with E-state index in [4.69, 9.17) is 4.42 Å². The molecule has 1 aliphatic heterocycles. The van der Waals surface area contributed by atoms with E-state index < -0.39 is 17.5 Å². The molecule has 0 bridgehead atoms. The fourth-order valence-corrected chi connectivity index (χ4v) is 3.81. The third kappa shape index (κ3) is 5.63. The third-order valence-corrected chi connectivity index (χ3v) is 5.71. The van der Waals surface area contributed by atoms with Crippen molar-refractivity contribution in [2.75, 3.05) is 32.7 Å². The molecule has 2 aromatic carbocycles. The lowest BCUT2D eigenvalue weighted by Crippen LogP contribution is -2.48. The highest BCUT2D eigenvalue weighted by atomic mass is 19.4. The first kappa shape index (κ1) is 23.5. The van der Waals surface area contributed by atoms with Crippen LogP contribution in [0.15, 0.2) is 57.8 Å². The standard InChI is InChI=1S/C24H22F3N3O4/c25-24(26,27)18-3-1-2-16(14-18)4-7-22(32)30-12-10-29(11-13-30)9-8-20(31)17-5-6-19-21(15-17)34-23(33)28-19/h1-7,14-15H,8-13H2,(H,28,33)/b7-4+. The normalized spacial score (nSPS) is 15.3. The second kappa shape index (κ2) is 9.68. The summed E-state index contributed by atoms with van der Waals surface area (Å²) in [6, 6.07) is 9.62. The molecule has 0 saturated carbocycles. The van der Waals surface area contributed by atoms with Crippen LogP contribution in [0.5, 0.6) is 0 Å². The Labute approximate surface area is 192 Å². The number of rotatable bonds is 6. The number of ketones is 1. The number of amides is 1. The maximum atomic E-state index is 12.8. The quantitative estimate of drug-likeness (QED) is 0.437. The van der Waals surface area contributed by atoms with Crippen LogP contribution in [-0.4, -0.2) is 59.2 Å². The second-order valence-corrected chi connectivity index (χ2v) is 8.02. The number of halogens is 3. The van der Waals surface area contributed by atoms with Gasteiger partial charge in [-0.2, -0.15) is 13.2 Å². The molecule has 0 spiro atoms. The number of piperazine rings is 1. The van der Waals surface area contributed by atoms with Crippen LogP contribution >= 0.6 is 0 Å². The Morgan fingerprint density at radius 3 is 2.56 bits per heavy atom. The lowest BCUT2D eigenvalue weighted by Gasteiger charge is -2.34. The van der Waals surface area contributed by atoms with Crippen molar-refractivity contribution in [1.29, 1.82) is 0 Å². The number of hydrogen-bond donors (Lipinski definition) is 1. The number of nitrogens with zero attached hydrogens (tertiary/aromatic N) is 2. The first-order valence-corrected chi connectivity index (χ1v) is 10.7. The Morgan fingerprint density at radius 1 is 1.06 bits per heavy atom. The number of benzene rings is 2. The molecule has 1 N–H and O–H groups in total. The predicted octanol–water partition coefficient (Wildman–Crippen LogP) is 3.57. The first-order valence-electron chi connectivity index (χ1n) is 10.7. The van der Waals surface area contributed by atoms with Crippen molar-refractivity contribution in [3.63, 3.8) is 0 Å². The number of aromatic amines is 1. The Bertz CT molecular complexity index is 1280. The summed E-state index contributed by atoms with van der Waals surface area (Å²) in [4.78, 5) is 42.4. The van der Waals surface area contributed by atoms with Crippen molar-refractivity contribution in [2.24, 2.45) is 0 Å². The summed E-state index contributed by atoms with van der Waals surface area (Å²) in [6.07, 6.45) is -1.49. The minimum Gasteiger partial charge on any atom is -0.408 e. The Morgan fingerprint density at radius 2 is 1.82 bits per heavy atom. The minimum atomic E-state index is -4.43. The molecule has 2 heterocycles. The number of oxazole rings is 1. The number of alkyl halides is 3. The average molecular weight is 473 g/mol. The van der Waals surface area contributed by atoms with Gasteiger partial charge in [-0.3, -0.25) is 19.5 Å². The molecule has 1 amide bonds. The maximum absolute atomic E-state index is 12.8. The van der Waals surface area contributed by atoms with Gasteiger partial charge in [-0.25, -0.2) is 4.79 Å². The van der Waals surface area contributed by atoms with Gasteiger partial charge in [-0.1, -0.05) is 12.1 Å². The fourth-order valence-electron chi connectivity index (χ4n) is 3.81. The highest BCUT2D eigenvalue weighted by Gasteiger charge is 2.30. The van der Waals surface area contributed by atoms with Gasteiger partial charge in [-0.15, -0.1) is 0 Å². The molecule has 1 aliphatic rings. The predicted molar refractivity (Wildman–Crippen MR) is 119 cm³/mol. The van der Waals surface area contributed by atoms with E-state index >= 15 is 0 Å². The van der Waals surface area contributed by atoms with E-state index in [9.17, 15) is 27.6 Å². The molecular formula is C24H22F3N3O4. The summed E-state index contributed by atoms with van der Waals surface area (Å²) in [5.74, 6) is -0.917. The van der Waals surface area contributed by atoms with Crippen LogP contribution in [0.3, 0.4) is 0 Å². The zero-order chi connectivity index (χ0) is 24.3. The summed E-state index contributed by atoms with van der Waals surface area (Å²) in [5.41, 5.74) is 0.870. The van der Waals surface area contributed by atoms with Crippen molar-refractivity contribution in [3.05, 3.63) is 75.8 Å². The second-order valence-electron chi connectivity index (χ2n) is 8.02. The number of fused-ring (bicyclic) bond motifs is 1. The number of carbonyl (C=O) groups is 2. The van der Waals surface area contributed by atoms with Crippen molar-refractivity contribution < 1.29 is 27.2 Å². The molecular weight excluding hydrogens is 451 g/mol. The summed E-state index contributed by atoms with van der Waals surface area (Å²) in [7, 11) is 0. The molecule has 0 unspecified atom stereocenters. The van der Waals surface area contributed by atoms with E-state index in [0.29, 0.717) is 55.0 Å². The van der Waals surface area contributed by atoms with Gasteiger partial charge in [0.25, 0.3) is 0 Å². The summed E-state index contributed by atoms with van der Waals surface area (Å²) in [6.45, 7) is 2.61. The van der Waals surface area contributed by atoms with Crippen LogP contribution in [0.4, 0.5) is 13.2 Å². The summed E-state index contributed by atoms with van der Waals surface area (Å²) in [5, 5.41) is 0. The van der Waals surface area contributed by atoms with Crippen molar-refractivity contribution >= 4 is 28.9 Å². The minimum absolute atomic E-state index is 0.0757. The molecule has 10 heteroatoms. The van der Waals surface area contributed by atoms with Crippen molar-refractivity contribution in [1.82, 2.24) is 14.8 Å². The SMILES string of the molecule is O=C(CCN1CCN(C(=O)/C=C/c2cccc(C(F)(F)F)c2)CC1)c1ccc2[nH]c(=O)oc2c1. The molecule has 0 atom stereocenters. The van der Waals surface area contributed by atoms with E-state index in [0.717, 1.165) is 12.1 Å². The van der Waals surface area contributed by atoms with Crippen LogP contribution in [0.2, 0.25) is 0 Å². The Balaban J connectivity index is 1.25. The molecule has 0 radical (unpaired) electrons. The first-order chi connectivity index (χ1) is 16.2. The van der Waals surface area contributed by atoms with Gasteiger partial charge in [-0.05, 0) is 42.0 Å². The van der Waals surface area contributed by atoms with E-state index in [1.807, 2.05) is 0 Å². The molecule has 7 nitrogen and oxygen atoms in total. The lowest BCUT2D eigenvalue weighted by molar-refractivity contribution is -0.137. The van der Waals surface area contributed by atoms with Gasteiger partial charge in [0.15, 0.2) is 11.4 Å². The van der Waals surface area contributed by atoms with Gasteiger partial charge >= 0.3 is 11.9 Å². The van der Waals surface area contributed by atoms with E-state index in [2.05, 4.69) is 9.88 Å². The van der Waals surface area contributed by atoms with E-state index in [1.54, 1.807) is 23.1 Å². The molecule has 0 aliphatic carbocycles. The Kier molecular flexibility index (Phi) is 6.69. The van der Waals surface area contributed by atoms with Crippen LogP contribution in [0.1, 0.15) is 27.9 Å². The molecule has 1 aromatic heterocycles. The molecule has 1 fully saturated rings. The van der Waals surface area contributed by atoms with Crippen molar-refractivity contribution in [3.8, 4) is 0 Å². The van der Waals surface area contributed by atoms with Crippen LogP contribution in [0.25, 0.3) is 17.2 Å². The maximum Gasteiger partial charge on any atom is 0.417 e. The smallest absolute Gasteiger partial charge is 0.408 e. The number of Topliss-reactive ketones (excluding diaryl/α,β-unsaturated/α-hetero) is 1. The van der Waals surface area contributed by atoms with Gasteiger partial charge in [0.05, 0.1) is 11.1 Å². The van der Waals surface area contributed by atoms with Gasteiger partial charge in [0, 0.05) is 50.8 Å². The van der Waals surface area contributed by atoms with Gasteiger partial charge in [0.2, 0.25) is 5.91 Å². The van der Waals surface area contributed by atoms with Crippen LogP contribution in [-0.2, 0) is 11.0 Å². The zero-order valence-corrected chi connectivity index (χ0v) is 18.1. The molecule has 4 rings (SSSR count). The summed E-state index contributed by atoms with van der Waals surface area (Å²) < 4.78 is 43.5. The average Bonchev–Trinajstić information content (AvgIpc) is 3.20. The largest absolute Gasteiger partial charge is 0.417 e. The number of hydrogen-bond acceptors (Lipinski definition) is 5. The highest BCUT2D eigenvalue weighted by molar-refractivity contribution is 5.98. The lowest BCUT2D eigenvalue weighted by atomic mass is 10.1. The van der Waals surface area contributed by atoms with Crippen LogP contribution in [0, 0.1) is 0 Å². The molecule has 34 heavy (non-hydrogen) atoms. The van der Waals surface area contributed by atoms with Crippen molar-refractivity contribution in [2.45, 2.75) is 12.6 Å². The molecule has 178 valence electrons. The third-order valence-electron chi connectivity index (χ3n) is 5.71. The van der Waals surface area contributed by atoms with E-state index in [1.165, 1.54) is 24.3 Å².